The van der Waals surface area contributed by atoms with Crippen LogP contribution in [0.2, 0.25) is 0 Å². The summed E-state index contributed by atoms with van der Waals surface area (Å²) in [6.45, 7) is 2.09. The Bertz CT molecular complexity index is 513. The monoisotopic (exact) mass is 291 g/mol. The van der Waals surface area contributed by atoms with E-state index in [9.17, 15) is 9.59 Å². The van der Waals surface area contributed by atoms with Crippen LogP contribution in [0.25, 0.3) is 0 Å². The highest BCUT2D eigenvalue weighted by Crippen LogP contribution is 2.14. The van der Waals surface area contributed by atoms with Gasteiger partial charge in [0.05, 0.1) is 13.0 Å². The summed E-state index contributed by atoms with van der Waals surface area (Å²) in [4.78, 5) is 24.9. The molecule has 1 saturated heterocycles. The number of ether oxygens (including phenoxy) is 1. The minimum atomic E-state index is -0.495. The van der Waals surface area contributed by atoms with E-state index < -0.39 is 5.91 Å². The maximum atomic E-state index is 12.0. The van der Waals surface area contributed by atoms with Crippen LogP contribution in [0.15, 0.2) is 24.3 Å². The van der Waals surface area contributed by atoms with Crippen LogP contribution >= 0.6 is 0 Å². The number of likely N-dealkylation sites (N-methyl/N-ethyl adjacent to an activating group) is 1. The fourth-order valence-electron chi connectivity index (χ4n) is 2.35. The first-order chi connectivity index (χ1) is 10.1. The maximum Gasteiger partial charge on any atom is 0.248 e. The third-order valence-corrected chi connectivity index (χ3v) is 3.68. The number of rotatable bonds is 6. The average Bonchev–Trinajstić information content (AvgIpc) is 3.00. The third kappa shape index (κ3) is 4.19. The zero-order valence-corrected chi connectivity index (χ0v) is 12.2. The van der Waals surface area contributed by atoms with E-state index in [-0.39, 0.29) is 18.6 Å². The van der Waals surface area contributed by atoms with Crippen LogP contribution in [0, 0.1) is 0 Å². The Morgan fingerprint density at radius 3 is 2.95 bits per heavy atom. The average molecular weight is 291 g/mol. The summed E-state index contributed by atoms with van der Waals surface area (Å²) in [5.74, 6) is 0.115. The molecule has 1 aliphatic rings. The number of hydrogen-bond donors (Lipinski definition) is 2. The van der Waals surface area contributed by atoms with Gasteiger partial charge in [0.2, 0.25) is 11.8 Å². The van der Waals surface area contributed by atoms with E-state index in [1.165, 1.54) is 0 Å². The molecule has 1 fully saturated rings. The molecule has 1 aromatic rings. The molecule has 6 nitrogen and oxygen atoms in total. The van der Waals surface area contributed by atoms with Crippen LogP contribution in [-0.4, -0.2) is 49.5 Å². The first kappa shape index (κ1) is 15.3. The molecule has 3 N–H and O–H groups in total. The second-order valence-electron chi connectivity index (χ2n) is 5.14. The van der Waals surface area contributed by atoms with Crippen molar-refractivity contribution in [1.82, 2.24) is 10.2 Å². The number of carbonyl (C=O) groups is 2. The van der Waals surface area contributed by atoms with Crippen molar-refractivity contribution in [3.05, 3.63) is 29.8 Å². The second-order valence-corrected chi connectivity index (χ2v) is 5.14. The molecule has 0 aliphatic carbocycles. The third-order valence-electron chi connectivity index (χ3n) is 3.68. The van der Waals surface area contributed by atoms with Crippen LogP contribution in [0.4, 0.5) is 0 Å². The lowest BCUT2D eigenvalue weighted by atomic mass is 10.2. The van der Waals surface area contributed by atoms with Crippen LogP contribution < -0.4 is 15.8 Å². The Kier molecular flexibility index (Phi) is 5.16. The molecule has 1 heterocycles. The van der Waals surface area contributed by atoms with E-state index in [0.29, 0.717) is 17.7 Å². The lowest BCUT2D eigenvalue weighted by Crippen LogP contribution is -2.38. The van der Waals surface area contributed by atoms with Crippen LogP contribution in [0.1, 0.15) is 23.2 Å². The second kappa shape index (κ2) is 7.08. The number of carbonyl (C=O) groups excluding carboxylic acids is 2. The number of nitrogens with zero attached hydrogens (tertiary/aromatic N) is 1. The van der Waals surface area contributed by atoms with Gasteiger partial charge in [-0.1, -0.05) is 6.07 Å². The van der Waals surface area contributed by atoms with E-state index in [1.807, 2.05) is 7.05 Å². The highest BCUT2D eigenvalue weighted by molar-refractivity contribution is 5.93. The van der Waals surface area contributed by atoms with Crippen molar-refractivity contribution < 1.29 is 14.3 Å². The van der Waals surface area contributed by atoms with Gasteiger partial charge in [-0.15, -0.1) is 0 Å². The molecule has 2 amide bonds. The van der Waals surface area contributed by atoms with Gasteiger partial charge < -0.3 is 20.7 Å². The van der Waals surface area contributed by atoms with Gasteiger partial charge in [0.25, 0.3) is 0 Å². The summed E-state index contributed by atoms with van der Waals surface area (Å²) in [6.07, 6.45) is 1.30. The predicted molar refractivity (Wildman–Crippen MR) is 79.1 cm³/mol. The van der Waals surface area contributed by atoms with Crippen molar-refractivity contribution >= 4 is 11.8 Å². The molecule has 0 radical (unpaired) electrons. The molecular weight excluding hydrogens is 270 g/mol. The zero-order valence-electron chi connectivity index (χ0n) is 12.2. The fourth-order valence-corrected chi connectivity index (χ4v) is 2.35. The molecule has 0 aromatic heterocycles. The van der Waals surface area contributed by atoms with E-state index in [4.69, 9.17) is 10.5 Å². The molecule has 21 heavy (non-hydrogen) atoms. The molecule has 1 atom stereocenters. The quantitative estimate of drug-likeness (QED) is 0.793. The van der Waals surface area contributed by atoms with Gasteiger partial charge in [0.15, 0.2) is 0 Å². The van der Waals surface area contributed by atoms with E-state index in [1.54, 1.807) is 29.2 Å². The van der Waals surface area contributed by atoms with Crippen molar-refractivity contribution in [1.29, 1.82) is 0 Å². The molecule has 1 aliphatic heterocycles. The van der Waals surface area contributed by atoms with Crippen molar-refractivity contribution in [2.75, 3.05) is 26.7 Å². The van der Waals surface area contributed by atoms with Gasteiger partial charge in [0.1, 0.15) is 5.75 Å². The number of nitrogens with one attached hydrogen (secondary N) is 1. The zero-order chi connectivity index (χ0) is 15.2. The van der Waals surface area contributed by atoms with E-state index in [2.05, 4.69) is 5.32 Å². The van der Waals surface area contributed by atoms with Crippen molar-refractivity contribution in [2.45, 2.75) is 18.9 Å². The van der Waals surface area contributed by atoms with Crippen molar-refractivity contribution in [3.63, 3.8) is 0 Å². The molecule has 1 aromatic carbocycles. The van der Waals surface area contributed by atoms with Gasteiger partial charge in [-0.25, -0.2) is 0 Å². The SMILES string of the molecule is CN(C(=O)CCOc1cccc(C(N)=O)c1)C1CCNC1. The molecule has 6 heteroatoms. The van der Waals surface area contributed by atoms with Crippen molar-refractivity contribution in [2.24, 2.45) is 5.73 Å². The predicted octanol–water partition coefficient (Wildman–Crippen LogP) is 0.375. The molecule has 2 rings (SSSR count). The van der Waals surface area contributed by atoms with E-state index in [0.717, 1.165) is 19.5 Å². The number of primary amides is 1. The maximum absolute atomic E-state index is 12.0. The smallest absolute Gasteiger partial charge is 0.248 e. The highest BCUT2D eigenvalue weighted by Gasteiger charge is 2.22. The number of nitrogens with two attached hydrogens (primary N) is 1. The molecule has 0 spiro atoms. The molecular formula is C15H21N3O3. The topological polar surface area (TPSA) is 84.7 Å². The lowest BCUT2D eigenvalue weighted by molar-refractivity contribution is -0.132. The summed E-state index contributed by atoms with van der Waals surface area (Å²) in [7, 11) is 1.83. The normalized spacial score (nSPS) is 17.5. The van der Waals surface area contributed by atoms with Crippen LogP contribution in [0.3, 0.4) is 0 Å². The van der Waals surface area contributed by atoms with Crippen molar-refractivity contribution in [3.8, 4) is 5.75 Å². The number of benzene rings is 1. The summed E-state index contributed by atoms with van der Waals surface area (Å²) in [5, 5.41) is 3.24. The van der Waals surface area contributed by atoms with Gasteiger partial charge in [0, 0.05) is 25.2 Å². The molecule has 114 valence electrons. The minimum absolute atomic E-state index is 0.0646. The van der Waals surface area contributed by atoms with Gasteiger partial charge in [-0.05, 0) is 31.2 Å². The van der Waals surface area contributed by atoms with Gasteiger partial charge in [-0.2, -0.15) is 0 Å². The van der Waals surface area contributed by atoms with Crippen LogP contribution in [0.5, 0.6) is 5.75 Å². The Morgan fingerprint density at radius 2 is 2.29 bits per heavy atom. The molecule has 0 bridgehead atoms. The molecule has 1 unspecified atom stereocenters. The summed E-state index contributed by atoms with van der Waals surface area (Å²) in [6, 6.07) is 6.92. The number of amides is 2. The number of hydrogen-bond acceptors (Lipinski definition) is 4. The largest absolute Gasteiger partial charge is 0.493 e. The summed E-state index contributed by atoms with van der Waals surface area (Å²) in [5.41, 5.74) is 5.60. The first-order valence-electron chi connectivity index (χ1n) is 7.07. The summed E-state index contributed by atoms with van der Waals surface area (Å²) >= 11 is 0. The Morgan fingerprint density at radius 1 is 1.48 bits per heavy atom. The highest BCUT2D eigenvalue weighted by atomic mass is 16.5. The standard InChI is InChI=1S/C15H21N3O3/c1-18(12-5-7-17-10-12)14(19)6-8-21-13-4-2-3-11(9-13)15(16)20/h2-4,9,12,17H,5-8,10H2,1H3,(H2,16,20). The Balaban J connectivity index is 1.79. The Labute approximate surface area is 124 Å². The fraction of sp³-hybridized carbons (Fsp3) is 0.467. The van der Waals surface area contributed by atoms with Gasteiger partial charge in [-0.3, -0.25) is 9.59 Å². The Hall–Kier alpha value is -2.08. The first-order valence-corrected chi connectivity index (χ1v) is 7.07. The molecule has 0 saturated carbocycles. The summed E-state index contributed by atoms with van der Waals surface area (Å²) < 4.78 is 5.51. The van der Waals surface area contributed by atoms with E-state index >= 15 is 0 Å². The minimum Gasteiger partial charge on any atom is -0.493 e. The van der Waals surface area contributed by atoms with Crippen LogP contribution in [-0.2, 0) is 4.79 Å². The lowest BCUT2D eigenvalue weighted by Gasteiger charge is -2.23. The van der Waals surface area contributed by atoms with Gasteiger partial charge >= 0.3 is 0 Å².